The van der Waals surface area contributed by atoms with Crippen molar-refractivity contribution in [2.45, 2.75) is 32.9 Å². The highest BCUT2D eigenvalue weighted by Crippen LogP contribution is 2.33. The van der Waals surface area contributed by atoms with Gasteiger partial charge in [-0.3, -0.25) is 9.69 Å². The van der Waals surface area contributed by atoms with E-state index in [-0.39, 0.29) is 11.9 Å². The van der Waals surface area contributed by atoms with Gasteiger partial charge in [-0.15, -0.1) is 0 Å². The molecular formula is C22H28N2O3. The van der Waals surface area contributed by atoms with E-state index in [1.54, 1.807) is 14.2 Å². The van der Waals surface area contributed by atoms with Crippen molar-refractivity contribution in [3.8, 4) is 11.5 Å². The number of benzene rings is 2. The molecule has 0 spiro atoms. The van der Waals surface area contributed by atoms with Gasteiger partial charge in [0.15, 0.2) is 11.5 Å². The molecule has 1 heterocycles. The largest absolute Gasteiger partial charge is 0.493 e. The zero-order chi connectivity index (χ0) is 19.4. The third kappa shape index (κ3) is 3.93. The van der Waals surface area contributed by atoms with Gasteiger partial charge in [0.25, 0.3) is 0 Å². The number of anilines is 1. The van der Waals surface area contributed by atoms with Crippen molar-refractivity contribution in [1.82, 2.24) is 4.90 Å². The second-order valence-corrected chi connectivity index (χ2v) is 6.79. The van der Waals surface area contributed by atoms with Gasteiger partial charge in [-0.05, 0) is 55.7 Å². The fraction of sp³-hybridized carbons (Fsp3) is 0.409. The predicted molar refractivity (Wildman–Crippen MR) is 108 cm³/mol. The van der Waals surface area contributed by atoms with Gasteiger partial charge >= 0.3 is 0 Å². The number of carbonyl (C=O) groups is 1. The Morgan fingerprint density at radius 2 is 1.74 bits per heavy atom. The molecule has 0 aromatic heterocycles. The van der Waals surface area contributed by atoms with Crippen LogP contribution in [0.5, 0.6) is 11.5 Å². The number of rotatable bonds is 6. The Labute approximate surface area is 161 Å². The molecule has 144 valence electrons. The average Bonchev–Trinajstić information content (AvgIpc) is 2.72. The van der Waals surface area contributed by atoms with E-state index in [1.165, 1.54) is 11.1 Å². The molecule has 0 radical (unpaired) electrons. The first-order valence-corrected chi connectivity index (χ1v) is 9.43. The molecule has 0 N–H and O–H groups in total. The van der Waals surface area contributed by atoms with Gasteiger partial charge in [0, 0.05) is 25.3 Å². The molecule has 27 heavy (non-hydrogen) atoms. The minimum absolute atomic E-state index is 0.132. The van der Waals surface area contributed by atoms with Crippen molar-refractivity contribution in [2.75, 3.05) is 32.2 Å². The molecule has 2 aromatic carbocycles. The topological polar surface area (TPSA) is 42.0 Å². The normalized spacial score (nSPS) is 15.0. The molecule has 2 aromatic rings. The molecule has 3 rings (SSSR count). The molecule has 1 atom stereocenters. The van der Waals surface area contributed by atoms with E-state index < -0.39 is 0 Å². The summed E-state index contributed by atoms with van der Waals surface area (Å²) >= 11 is 0. The van der Waals surface area contributed by atoms with Gasteiger partial charge in [0.2, 0.25) is 5.91 Å². The quantitative estimate of drug-likeness (QED) is 0.783. The Hall–Kier alpha value is -2.53. The predicted octanol–water partition coefficient (Wildman–Crippen LogP) is 3.50. The second kappa shape index (κ2) is 8.44. The van der Waals surface area contributed by atoms with Crippen LogP contribution in [0.15, 0.2) is 42.5 Å². The van der Waals surface area contributed by atoms with Crippen LogP contribution in [0.1, 0.15) is 25.0 Å². The SMILES string of the molecule is CCN(C(=O)C(C)N1CCc2cc(OC)c(OC)cc2C1)c1ccccc1. The fourth-order valence-electron chi connectivity index (χ4n) is 3.69. The number of hydrogen-bond donors (Lipinski definition) is 0. The molecule has 0 saturated heterocycles. The van der Waals surface area contributed by atoms with Gasteiger partial charge in [0.1, 0.15) is 0 Å². The summed E-state index contributed by atoms with van der Waals surface area (Å²) in [4.78, 5) is 17.2. The molecule has 0 saturated carbocycles. The van der Waals surface area contributed by atoms with Crippen molar-refractivity contribution in [3.05, 3.63) is 53.6 Å². The molecule has 1 aliphatic heterocycles. The molecular weight excluding hydrogens is 340 g/mol. The highest BCUT2D eigenvalue weighted by atomic mass is 16.5. The minimum atomic E-state index is -0.189. The first-order valence-electron chi connectivity index (χ1n) is 9.43. The van der Waals surface area contributed by atoms with Crippen LogP contribution in [0, 0.1) is 0 Å². The lowest BCUT2D eigenvalue weighted by Crippen LogP contribution is -2.48. The Balaban J connectivity index is 1.78. The number of nitrogens with zero attached hydrogens (tertiary/aromatic N) is 2. The Morgan fingerprint density at radius 3 is 2.33 bits per heavy atom. The molecule has 1 aliphatic rings. The van der Waals surface area contributed by atoms with E-state index in [9.17, 15) is 4.79 Å². The number of para-hydroxylation sites is 1. The van der Waals surface area contributed by atoms with Gasteiger partial charge in [-0.1, -0.05) is 18.2 Å². The summed E-state index contributed by atoms with van der Waals surface area (Å²) in [6, 6.07) is 13.8. The van der Waals surface area contributed by atoms with E-state index in [0.29, 0.717) is 6.54 Å². The fourth-order valence-corrected chi connectivity index (χ4v) is 3.69. The summed E-state index contributed by atoms with van der Waals surface area (Å²) in [5, 5.41) is 0. The Bertz CT molecular complexity index is 792. The number of ether oxygens (including phenoxy) is 2. The van der Waals surface area contributed by atoms with Gasteiger partial charge in [0.05, 0.1) is 20.3 Å². The lowest BCUT2D eigenvalue weighted by molar-refractivity contribution is -0.123. The smallest absolute Gasteiger partial charge is 0.244 e. The lowest BCUT2D eigenvalue weighted by atomic mass is 9.97. The zero-order valence-corrected chi connectivity index (χ0v) is 16.6. The standard InChI is InChI=1S/C22H28N2O3/c1-5-24(19-9-7-6-8-10-19)22(25)16(2)23-12-11-17-13-20(26-3)21(27-4)14-18(17)15-23/h6-10,13-14,16H,5,11-12,15H2,1-4H3. The second-order valence-electron chi connectivity index (χ2n) is 6.79. The molecule has 0 aliphatic carbocycles. The van der Waals surface area contributed by atoms with Crippen LogP contribution in [0.25, 0.3) is 0 Å². The third-order valence-corrected chi connectivity index (χ3v) is 5.30. The van der Waals surface area contributed by atoms with Crippen molar-refractivity contribution in [2.24, 2.45) is 0 Å². The molecule has 1 amide bonds. The number of amides is 1. The van der Waals surface area contributed by atoms with Gasteiger partial charge in [-0.25, -0.2) is 0 Å². The number of carbonyl (C=O) groups excluding carboxylic acids is 1. The van der Waals surface area contributed by atoms with E-state index in [0.717, 1.165) is 36.7 Å². The van der Waals surface area contributed by atoms with Crippen LogP contribution < -0.4 is 14.4 Å². The van der Waals surface area contributed by atoms with Crippen LogP contribution in [0.4, 0.5) is 5.69 Å². The van der Waals surface area contributed by atoms with E-state index in [1.807, 2.05) is 55.1 Å². The Morgan fingerprint density at radius 1 is 1.11 bits per heavy atom. The maximum absolute atomic E-state index is 13.1. The van der Waals surface area contributed by atoms with E-state index in [4.69, 9.17) is 9.47 Å². The monoisotopic (exact) mass is 368 g/mol. The Kier molecular flexibility index (Phi) is 6.01. The van der Waals surface area contributed by atoms with Crippen LogP contribution >= 0.6 is 0 Å². The van der Waals surface area contributed by atoms with Gasteiger partial charge < -0.3 is 14.4 Å². The number of hydrogen-bond acceptors (Lipinski definition) is 4. The van der Waals surface area contributed by atoms with Crippen molar-refractivity contribution < 1.29 is 14.3 Å². The molecule has 1 unspecified atom stereocenters. The highest BCUT2D eigenvalue weighted by molar-refractivity contribution is 5.96. The van der Waals surface area contributed by atoms with Crippen LogP contribution in [0.2, 0.25) is 0 Å². The summed E-state index contributed by atoms with van der Waals surface area (Å²) in [6.45, 7) is 6.25. The molecule has 5 heteroatoms. The number of methoxy groups -OCH3 is 2. The summed E-state index contributed by atoms with van der Waals surface area (Å²) in [7, 11) is 3.30. The van der Waals surface area contributed by atoms with E-state index >= 15 is 0 Å². The minimum Gasteiger partial charge on any atom is -0.493 e. The van der Waals surface area contributed by atoms with Crippen LogP contribution in [-0.4, -0.2) is 44.2 Å². The number of likely N-dealkylation sites (N-methyl/N-ethyl adjacent to an activating group) is 1. The maximum Gasteiger partial charge on any atom is 0.244 e. The molecule has 0 fully saturated rings. The summed E-state index contributed by atoms with van der Waals surface area (Å²) in [6.07, 6.45) is 0.894. The first kappa shape index (κ1) is 19.2. The summed E-state index contributed by atoms with van der Waals surface area (Å²) in [5.74, 6) is 1.62. The molecule has 5 nitrogen and oxygen atoms in total. The highest BCUT2D eigenvalue weighted by Gasteiger charge is 2.29. The van der Waals surface area contributed by atoms with Crippen molar-refractivity contribution >= 4 is 11.6 Å². The lowest BCUT2D eigenvalue weighted by Gasteiger charge is -2.35. The summed E-state index contributed by atoms with van der Waals surface area (Å²) < 4.78 is 10.9. The van der Waals surface area contributed by atoms with E-state index in [2.05, 4.69) is 11.0 Å². The van der Waals surface area contributed by atoms with Crippen molar-refractivity contribution in [1.29, 1.82) is 0 Å². The van der Waals surface area contributed by atoms with Crippen LogP contribution in [0.3, 0.4) is 0 Å². The van der Waals surface area contributed by atoms with Gasteiger partial charge in [-0.2, -0.15) is 0 Å². The zero-order valence-electron chi connectivity index (χ0n) is 16.6. The van der Waals surface area contributed by atoms with Crippen LogP contribution in [-0.2, 0) is 17.8 Å². The number of fused-ring (bicyclic) bond motifs is 1. The van der Waals surface area contributed by atoms with Crippen molar-refractivity contribution in [3.63, 3.8) is 0 Å². The average molecular weight is 368 g/mol. The first-order chi connectivity index (χ1) is 13.1. The third-order valence-electron chi connectivity index (χ3n) is 5.30. The summed E-state index contributed by atoms with van der Waals surface area (Å²) in [5.41, 5.74) is 3.40. The maximum atomic E-state index is 13.1. The molecule has 0 bridgehead atoms.